The van der Waals surface area contributed by atoms with Gasteiger partial charge in [-0.2, -0.15) is 5.26 Å². The van der Waals surface area contributed by atoms with Gasteiger partial charge in [0, 0.05) is 12.8 Å². The van der Waals surface area contributed by atoms with Gasteiger partial charge in [0.15, 0.2) is 5.78 Å². The predicted octanol–water partition coefficient (Wildman–Crippen LogP) is 1.44. The Hall–Kier alpha value is -1.10. The molecule has 0 saturated heterocycles. The van der Waals surface area contributed by atoms with Crippen molar-refractivity contribution in [1.29, 1.82) is 5.26 Å². The lowest BCUT2D eigenvalue weighted by atomic mass is 10.1. The fraction of sp³-hybridized carbons (Fsp3) is 0.429. The van der Waals surface area contributed by atoms with E-state index in [-0.39, 0.29) is 5.78 Å². The lowest BCUT2D eigenvalue weighted by Crippen LogP contribution is -1.96. The Morgan fingerprint density at radius 2 is 2.33 bits per heavy atom. The SMILES string of the molecule is C=C(C)C(=O)CCC#N. The summed E-state index contributed by atoms with van der Waals surface area (Å²) in [5, 5.41) is 8.07. The average Bonchev–Trinajstić information content (AvgIpc) is 1.82. The first-order chi connectivity index (χ1) is 4.18. The van der Waals surface area contributed by atoms with Crippen LogP contribution in [0.15, 0.2) is 12.2 Å². The number of carbonyl (C=O) groups is 1. The van der Waals surface area contributed by atoms with Crippen molar-refractivity contribution in [3.05, 3.63) is 12.2 Å². The molecule has 48 valence electrons. The van der Waals surface area contributed by atoms with E-state index in [0.29, 0.717) is 18.4 Å². The molecule has 0 rings (SSSR count). The number of hydrogen-bond donors (Lipinski definition) is 0. The molecular formula is C7H9NO. The lowest BCUT2D eigenvalue weighted by Gasteiger charge is -1.90. The van der Waals surface area contributed by atoms with Crippen LogP contribution in [-0.2, 0) is 4.79 Å². The lowest BCUT2D eigenvalue weighted by molar-refractivity contribution is -0.115. The topological polar surface area (TPSA) is 40.9 Å². The molecule has 0 aliphatic carbocycles. The zero-order chi connectivity index (χ0) is 7.28. The van der Waals surface area contributed by atoms with E-state index in [1.54, 1.807) is 6.92 Å². The predicted molar refractivity (Wildman–Crippen MR) is 34.7 cm³/mol. The van der Waals surface area contributed by atoms with E-state index in [0.717, 1.165) is 0 Å². The largest absolute Gasteiger partial charge is 0.295 e. The fourth-order valence-corrected chi connectivity index (χ4v) is 0.383. The van der Waals surface area contributed by atoms with Crippen molar-refractivity contribution in [3.63, 3.8) is 0 Å². The molecule has 2 nitrogen and oxygen atoms in total. The van der Waals surface area contributed by atoms with Gasteiger partial charge in [-0.1, -0.05) is 6.58 Å². The number of nitriles is 1. The van der Waals surface area contributed by atoms with Crippen molar-refractivity contribution in [2.75, 3.05) is 0 Å². The number of ketones is 1. The summed E-state index contributed by atoms with van der Waals surface area (Å²) in [4.78, 5) is 10.7. The Morgan fingerprint density at radius 1 is 1.78 bits per heavy atom. The third kappa shape index (κ3) is 3.48. The fourth-order valence-electron chi connectivity index (χ4n) is 0.383. The minimum Gasteiger partial charge on any atom is -0.295 e. The molecule has 9 heavy (non-hydrogen) atoms. The van der Waals surface area contributed by atoms with E-state index in [9.17, 15) is 4.79 Å². The van der Waals surface area contributed by atoms with Crippen molar-refractivity contribution < 1.29 is 4.79 Å². The number of rotatable bonds is 3. The highest BCUT2D eigenvalue weighted by molar-refractivity contribution is 5.94. The molecule has 0 fully saturated rings. The molecule has 0 aromatic heterocycles. The molecule has 0 radical (unpaired) electrons. The maximum absolute atomic E-state index is 10.7. The van der Waals surface area contributed by atoms with Crippen LogP contribution in [0, 0.1) is 11.3 Å². The van der Waals surface area contributed by atoms with Gasteiger partial charge < -0.3 is 0 Å². The second-order valence-electron chi connectivity index (χ2n) is 1.86. The summed E-state index contributed by atoms with van der Waals surface area (Å²) in [5.41, 5.74) is 0.533. The zero-order valence-corrected chi connectivity index (χ0v) is 5.48. The van der Waals surface area contributed by atoms with Crippen LogP contribution in [0.2, 0.25) is 0 Å². The molecule has 0 aromatic carbocycles. The minimum absolute atomic E-state index is 0.0171. The first-order valence-electron chi connectivity index (χ1n) is 2.74. The monoisotopic (exact) mass is 123 g/mol. The number of allylic oxidation sites excluding steroid dienone is 1. The van der Waals surface area contributed by atoms with Crippen molar-refractivity contribution in [2.24, 2.45) is 0 Å². The van der Waals surface area contributed by atoms with Crippen LogP contribution in [0.1, 0.15) is 19.8 Å². The van der Waals surface area contributed by atoms with E-state index in [2.05, 4.69) is 6.58 Å². The van der Waals surface area contributed by atoms with Crippen molar-refractivity contribution in [3.8, 4) is 6.07 Å². The van der Waals surface area contributed by atoms with Gasteiger partial charge in [0.05, 0.1) is 6.07 Å². The van der Waals surface area contributed by atoms with Crippen molar-refractivity contribution in [1.82, 2.24) is 0 Å². The highest BCUT2D eigenvalue weighted by Gasteiger charge is 1.99. The van der Waals surface area contributed by atoms with Gasteiger partial charge in [-0.15, -0.1) is 0 Å². The molecule has 0 spiro atoms. The Bertz CT molecular complexity index is 164. The molecule has 0 aliphatic rings. The number of Topliss-reactive ketones (excluding diaryl/α,β-unsaturated/α-hetero) is 1. The van der Waals surface area contributed by atoms with Crippen LogP contribution in [0.25, 0.3) is 0 Å². The Balaban J connectivity index is 3.55. The molecule has 2 heteroatoms. The third-order valence-electron chi connectivity index (χ3n) is 0.940. The Labute approximate surface area is 54.8 Å². The van der Waals surface area contributed by atoms with E-state index < -0.39 is 0 Å². The third-order valence-corrected chi connectivity index (χ3v) is 0.940. The molecule has 0 N–H and O–H groups in total. The second kappa shape index (κ2) is 3.85. The molecule has 0 aromatic rings. The van der Waals surface area contributed by atoms with Gasteiger partial charge in [-0.3, -0.25) is 4.79 Å². The highest BCUT2D eigenvalue weighted by Crippen LogP contribution is 1.96. The first-order valence-corrected chi connectivity index (χ1v) is 2.74. The average molecular weight is 123 g/mol. The van der Waals surface area contributed by atoms with Gasteiger partial charge in [-0.05, 0) is 12.5 Å². The Kier molecular flexibility index (Phi) is 3.38. The molecule has 0 amide bonds. The van der Waals surface area contributed by atoms with Crippen molar-refractivity contribution in [2.45, 2.75) is 19.8 Å². The number of carbonyl (C=O) groups excluding carboxylic acids is 1. The van der Waals surface area contributed by atoms with Gasteiger partial charge in [0.25, 0.3) is 0 Å². The first kappa shape index (κ1) is 7.90. The summed E-state index contributed by atoms with van der Waals surface area (Å²) >= 11 is 0. The second-order valence-corrected chi connectivity index (χ2v) is 1.86. The van der Waals surface area contributed by atoms with Gasteiger partial charge in [0.1, 0.15) is 0 Å². The van der Waals surface area contributed by atoms with Gasteiger partial charge >= 0.3 is 0 Å². The smallest absolute Gasteiger partial charge is 0.159 e. The van der Waals surface area contributed by atoms with Crippen LogP contribution < -0.4 is 0 Å². The standard InChI is InChI=1S/C7H9NO/c1-6(2)7(9)4-3-5-8/h1,3-4H2,2H3. The summed E-state index contributed by atoms with van der Waals surface area (Å²) in [6.45, 7) is 5.10. The van der Waals surface area contributed by atoms with Crippen LogP contribution in [0.3, 0.4) is 0 Å². The van der Waals surface area contributed by atoms with Crippen LogP contribution in [0.4, 0.5) is 0 Å². The summed E-state index contributed by atoms with van der Waals surface area (Å²) in [5.74, 6) is -0.0171. The van der Waals surface area contributed by atoms with E-state index in [1.807, 2.05) is 6.07 Å². The summed E-state index contributed by atoms with van der Waals surface area (Å²) in [6.07, 6.45) is 0.609. The van der Waals surface area contributed by atoms with E-state index in [4.69, 9.17) is 5.26 Å². The molecular weight excluding hydrogens is 114 g/mol. The van der Waals surface area contributed by atoms with E-state index >= 15 is 0 Å². The van der Waals surface area contributed by atoms with Gasteiger partial charge in [0.2, 0.25) is 0 Å². The van der Waals surface area contributed by atoms with Crippen LogP contribution in [0.5, 0.6) is 0 Å². The molecule has 0 unspecified atom stereocenters. The molecule has 0 saturated carbocycles. The summed E-state index contributed by atoms with van der Waals surface area (Å²) < 4.78 is 0. The highest BCUT2D eigenvalue weighted by atomic mass is 16.1. The summed E-state index contributed by atoms with van der Waals surface area (Å²) in [6, 6.07) is 1.89. The normalized spacial score (nSPS) is 8.00. The van der Waals surface area contributed by atoms with Crippen LogP contribution in [-0.4, -0.2) is 5.78 Å². The molecule has 0 atom stereocenters. The zero-order valence-electron chi connectivity index (χ0n) is 5.48. The maximum Gasteiger partial charge on any atom is 0.159 e. The van der Waals surface area contributed by atoms with E-state index in [1.165, 1.54) is 0 Å². The maximum atomic E-state index is 10.7. The number of nitrogens with zero attached hydrogens (tertiary/aromatic N) is 1. The number of hydrogen-bond acceptors (Lipinski definition) is 2. The van der Waals surface area contributed by atoms with Crippen LogP contribution >= 0.6 is 0 Å². The molecule has 0 bridgehead atoms. The van der Waals surface area contributed by atoms with Gasteiger partial charge in [-0.25, -0.2) is 0 Å². The minimum atomic E-state index is -0.0171. The molecule has 0 heterocycles. The van der Waals surface area contributed by atoms with Crippen molar-refractivity contribution >= 4 is 5.78 Å². The molecule has 0 aliphatic heterocycles. The summed E-state index contributed by atoms with van der Waals surface area (Å²) in [7, 11) is 0. The quantitative estimate of drug-likeness (QED) is 0.533. The Morgan fingerprint density at radius 3 is 2.67 bits per heavy atom.